The molecule has 2 aliphatic heterocycles. The van der Waals surface area contributed by atoms with E-state index in [1.807, 2.05) is 24.4 Å². The standard InChI is InChI=1S/C19H23N3OS/c1-15-5-4-7-16(21-15)10-22-13-19(14-22)9-18(12-24-19)23-11-17-6-2-3-8-20-17/h2-8,18H,9-14H2,1H3. The molecule has 5 heteroatoms. The molecule has 2 aliphatic rings. The molecule has 4 rings (SSSR count). The maximum atomic E-state index is 6.08. The van der Waals surface area contributed by atoms with E-state index < -0.39 is 0 Å². The summed E-state index contributed by atoms with van der Waals surface area (Å²) in [6.07, 6.45) is 3.34. The summed E-state index contributed by atoms with van der Waals surface area (Å²) in [6.45, 7) is 5.94. The van der Waals surface area contributed by atoms with Gasteiger partial charge >= 0.3 is 0 Å². The van der Waals surface area contributed by atoms with Gasteiger partial charge in [0.05, 0.1) is 24.1 Å². The Morgan fingerprint density at radius 2 is 2.08 bits per heavy atom. The van der Waals surface area contributed by atoms with Crippen LogP contribution in [0.5, 0.6) is 0 Å². The van der Waals surface area contributed by atoms with Crippen molar-refractivity contribution in [1.29, 1.82) is 0 Å². The summed E-state index contributed by atoms with van der Waals surface area (Å²) in [5, 5.41) is 0. The highest BCUT2D eigenvalue weighted by Crippen LogP contribution is 2.46. The molecular weight excluding hydrogens is 318 g/mol. The number of nitrogens with zero attached hydrogens (tertiary/aromatic N) is 3. The van der Waals surface area contributed by atoms with E-state index >= 15 is 0 Å². The third-order valence-corrected chi connectivity index (χ3v) is 6.30. The lowest BCUT2D eigenvalue weighted by Crippen LogP contribution is -2.58. The van der Waals surface area contributed by atoms with E-state index in [4.69, 9.17) is 4.74 Å². The number of hydrogen-bond donors (Lipinski definition) is 0. The van der Waals surface area contributed by atoms with Gasteiger partial charge in [0.1, 0.15) is 0 Å². The van der Waals surface area contributed by atoms with Gasteiger partial charge in [-0.25, -0.2) is 0 Å². The highest BCUT2D eigenvalue weighted by Gasteiger charge is 2.49. The minimum Gasteiger partial charge on any atom is -0.371 e. The molecule has 4 nitrogen and oxygen atoms in total. The Hall–Kier alpha value is -1.43. The summed E-state index contributed by atoms with van der Waals surface area (Å²) in [4.78, 5) is 11.4. The third-order valence-electron chi connectivity index (χ3n) is 4.72. The van der Waals surface area contributed by atoms with Crippen molar-refractivity contribution in [2.45, 2.75) is 37.3 Å². The van der Waals surface area contributed by atoms with Crippen LogP contribution in [0.2, 0.25) is 0 Å². The van der Waals surface area contributed by atoms with Crippen LogP contribution < -0.4 is 0 Å². The summed E-state index contributed by atoms with van der Waals surface area (Å²) >= 11 is 2.08. The van der Waals surface area contributed by atoms with Crippen LogP contribution in [0.25, 0.3) is 0 Å². The van der Waals surface area contributed by atoms with E-state index in [-0.39, 0.29) is 0 Å². The molecular formula is C19H23N3OS. The minimum atomic E-state index is 0.358. The molecule has 2 fully saturated rings. The molecule has 0 bridgehead atoms. The van der Waals surface area contributed by atoms with Gasteiger partial charge in [0.15, 0.2) is 0 Å². The lowest BCUT2D eigenvalue weighted by atomic mass is 9.93. The highest BCUT2D eigenvalue weighted by atomic mass is 32.2. The smallest absolute Gasteiger partial charge is 0.0892 e. The highest BCUT2D eigenvalue weighted by molar-refractivity contribution is 8.01. The fourth-order valence-corrected chi connectivity index (χ4v) is 5.22. The molecule has 0 N–H and O–H groups in total. The van der Waals surface area contributed by atoms with Gasteiger partial charge in [-0.2, -0.15) is 0 Å². The number of hydrogen-bond acceptors (Lipinski definition) is 5. The van der Waals surface area contributed by atoms with Gasteiger partial charge < -0.3 is 4.74 Å². The quantitative estimate of drug-likeness (QED) is 0.836. The number of aromatic nitrogens is 2. The van der Waals surface area contributed by atoms with Crippen LogP contribution in [0, 0.1) is 6.92 Å². The van der Waals surface area contributed by atoms with Gasteiger partial charge in [-0.05, 0) is 37.6 Å². The van der Waals surface area contributed by atoms with Crippen molar-refractivity contribution in [3.8, 4) is 0 Å². The van der Waals surface area contributed by atoms with Crippen molar-refractivity contribution >= 4 is 11.8 Å². The Morgan fingerprint density at radius 1 is 1.21 bits per heavy atom. The molecule has 2 aromatic rings. The summed E-state index contributed by atoms with van der Waals surface area (Å²) in [7, 11) is 0. The molecule has 4 heterocycles. The summed E-state index contributed by atoms with van der Waals surface area (Å²) in [5.41, 5.74) is 3.29. The molecule has 2 saturated heterocycles. The summed E-state index contributed by atoms with van der Waals surface area (Å²) in [6, 6.07) is 12.3. The van der Waals surface area contributed by atoms with Gasteiger partial charge in [0.25, 0.3) is 0 Å². The molecule has 24 heavy (non-hydrogen) atoms. The second-order valence-corrected chi connectivity index (χ2v) is 8.36. The maximum absolute atomic E-state index is 6.08. The van der Waals surface area contributed by atoms with E-state index in [9.17, 15) is 0 Å². The molecule has 1 unspecified atom stereocenters. The predicted octanol–water partition coefficient (Wildman–Crippen LogP) is 3.06. The molecule has 2 aromatic heterocycles. The summed E-state index contributed by atoms with van der Waals surface area (Å²) < 4.78 is 6.48. The number of pyridine rings is 2. The van der Waals surface area contributed by atoms with Crippen molar-refractivity contribution in [2.24, 2.45) is 0 Å². The van der Waals surface area contributed by atoms with E-state index in [1.165, 1.54) is 5.69 Å². The Morgan fingerprint density at radius 3 is 2.88 bits per heavy atom. The topological polar surface area (TPSA) is 38.2 Å². The Balaban J connectivity index is 1.24. The normalized spacial score (nSPS) is 22.6. The van der Waals surface area contributed by atoms with Crippen molar-refractivity contribution in [1.82, 2.24) is 14.9 Å². The van der Waals surface area contributed by atoms with Crippen LogP contribution in [0.4, 0.5) is 0 Å². The van der Waals surface area contributed by atoms with Crippen LogP contribution in [0.1, 0.15) is 23.5 Å². The second kappa shape index (κ2) is 6.82. The van der Waals surface area contributed by atoms with Crippen molar-refractivity contribution in [3.63, 3.8) is 0 Å². The Labute approximate surface area is 147 Å². The zero-order valence-corrected chi connectivity index (χ0v) is 14.8. The number of ether oxygens (including phenoxy) is 1. The monoisotopic (exact) mass is 341 g/mol. The number of likely N-dealkylation sites (tertiary alicyclic amines) is 1. The van der Waals surface area contributed by atoms with E-state index in [1.54, 1.807) is 0 Å². The lowest BCUT2D eigenvalue weighted by Gasteiger charge is -2.47. The van der Waals surface area contributed by atoms with Crippen LogP contribution >= 0.6 is 11.8 Å². The van der Waals surface area contributed by atoms with Crippen LogP contribution in [0.15, 0.2) is 42.6 Å². The number of rotatable bonds is 5. The second-order valence-electron chi connectivity index (χ2n) is 6.87. The number of thioether (sulfide) groups is 1. The molecule has 1 atom stereocenters. The van der Waals surface area contributed by atoms with E-state index in [0.717, 1.165) is 43.2 Å². The largest absolute Gasteiger partial charge is 0.371 e. The maximum Gasteiger partial charge on any atom is 0.0892 e. The zero-order valence-electron chi connectivity index (χ0n) is 14.0. The first-order valence-corrected chi connectivity index (χ1v) is 9.50. The summed E-state index contributed by atoms with van der Waals surface area (Å²) in [5.74, 6) is 1.10. The van der Waals surface area contributed by atoms with Crippen molar-refractivity contribution in [2.75, 3.05) is 18.8 Å². The first-order chi connectivity index (χ1) is 11.7. The zero-order chi connectivity index (χ0) is 16.4. The van der Waals surface area contributed by atoms with Gasteiger partial charge in [-0.1, -0.05) is 12.1 Å². The molecule has 0 aliphatic carbocycles. The van der Waals surface area contributed by atoms with E-state index in [0.29, 0.717) is 17.5 Å². The average Bonchev–Trinajstić information content (AvgIpc) is 2.98. The first kappa shape index (κ1) is 16.1. The lowest BCUT2D eigenvalue weighted by molar-refractivity contribution is 0.0248. The van der Waals surface area contributed by atoms with E-state index in [2.05, 4.69) is 51.8 Å². The fraction of sp³-hybridized carbons (Fsp3) is 0.474. The van der Waals surface area contributed by atoms with Gasteiger partial charge in [-0.15, -0.1) is 11.8 Å². The third kappa shape index (κ3) is 3.63. The molecule has 126 valence electrons. The van der Waals surface area contributed by atoms with Crippen LogP contribution in [0.3, 0.4) is 0 Å². The SMILES string of the molecule is Cc1cccc(CN2CC3(CC(OCc4ccccn4)CS3)C2)n1. The molecule has 1 spiro atoms. The van der Waals surface area contributed by atoms with Crippen molar-refractivity contribution in [3.05, 3.63) is 59.7 Å². The molecule has 0 radical (unpaired) electrons. The number of aryl methyl sites for hydroxylation is 1. The first-order valence-electron chi connectivity index (χ1n) is 8.51. The van der Waals surface area contributed by atoms with Crippen LogP contribution in [-0.2, 0) is 17.9 Å². The van der Waals surface area contributed by atoms with Gasteiger partial charge in [0.2, 0.25) is 0 Å². The Bertz CT molecular complexity index is 688. The Kier molecular flexibility index (Phi) is 4.57. The molecule has 0 saturated carbocycles. The minimum absolute atomic E-state index is 0.358. The predicted molar refractivity (Wildman–Crippen MR) is 96.9 cm³/mol. The van der Waals surface area contributed by atoms with Crippen molar-refractivity contribution < 1.29 is 4.74 Å². The van der Waals surface area contributed by atoms with Gasteiger partial charge in [-0.3, -0.25) is 14.9 Å². The average molecular weight is 341 g/mol. The molecule has 0 aromatic carbocycles. The fourth-order valence-electron chi connectivity index (χ4n) is 3.61. The molecule has 0 amide bonds. The van der Waals surface area contributed by atoms with Gasteiger partial charge in [0, 0.05) is 42.0 Å². The van der Waals surface area contributed by atoms with Crippen LogP contribution in [-0.4, -0.2) is 44.6 Å².